The molecule has 0 aliphatic carbocycles. The molecule has 2 amide bonds. The Hall–Kier alpha value is -1.83. The number of hydrogen-bond donors (Lipinski definition) is 3. The fraction of sp³-hybridized carbons (Fsp3) is 0.769. The van der Waals surface area contributed by atoms with Crippen LogP contribution >= 0.6 is 0 Å². The van der Waals surface area contributed by atoms with Gasteiger partial charge >= 0.3 is 18.0 Å². The molecule has 0 aromatic rings. The highest BCUT2D eigenvalue weighted by atomic mass is 16.4. The largest absolute Gasteiger partial charge is 0.481 e. The van der Waals surface area contributed by atoms with E-state index in [4.69, 9.17) is 10.2 Å². The number of aliphatic carboxylic acids is 2. The van der Waals surface area contributed by atoms with E-state index < -0.39 is 30.4 Å². The summed E-state index contributed by atoms with van der Waals surface area (Å²) in [6, 6.07) is -1.64. The van der Waals surface area contributed by atoms with Crippen molar-refractivity contribution < 1.29 is 24.6 Å². The number of carbonyl (C=O) groups is 3. The van der Waals surface area contributed by atoms with Crippen LogP contribution in [0.1, 0.15) is 26.7 Å². The van der Waals surface area contributed by atoms with Crippen molar-refractivity contribution in [1.29, 1.82) is 0 Å². The van der Waals surface area contributed by atoms with Gasteiger partial charge in [0.05, 0.1) is 6.42 Å². The van der Waals surface area contributed by atoms with Crippen LogP contribution in [0.3, 0.4) is 0 Å². The first kappa shape index (κ1) is 17.2. The number of carboxylic acid groups (broad SMARTS) is 2. The molecule has 1 rings (SSSR count). The first-order valence-corrected chi connectivity index (χ1v) is 7.13. The number of urea groups is 1. The van der Waals surface area contributed by atoms with Crippen LogP contribution in [0, 0.1) is 0 Å². The molecule has 0 radical (unpaired) electrons. The highest BCUT2D eigenvalue weighted by molar-refractivity contribution is 5.86. The van der Waals surface area contributed by atoms with Crippen LogP contribution in [-0.2, 0) is 9.59 Å². The minimum atomic E-state index is -1.40. The number of likely N-dealkylation sites (tertiary alicyclic amines) is 1. The maximum Gasteiger partial charge on any atom is 0.326 e. The predicted octanol–water partition coefficient (Wildman–Crippen LogP) is 0.0400. The van der Waals surface area contributed by atoms with E-state index >= 15 is 0 Å². The standard InChI is InChI=1S/C13H23N3O5/c1-3-15(4-2)9-5-6-16(8-9)13(21)14-10(12(19)20)7-11(17)18/h9-10H,3-8H2,1-2H3,(H,14,21)(H,17,18)(H,19,20). The molecule has 21 heavy (non-hydrogen) atoms. The van der Waals surface area contributed by atoms with E-state index in [0.717, 1.165) is 19.5 Å². The Labute approximate surface area is 123 Å². The topological polar surface area (TPSA) is 110 Å². The summed E-state index contributed by atoms with van der Waals surface area (Å²) in [6.45, 7) is 6.99. The zero-order chi connectivity index (χ0) is 16.0. The average molecular weight is 301 g/mol. The number of carbonyl (C=O) groups excluding carboxylic acids is 1. The van der Waals surface area contributed by atoms with Crippen molar-refractivity contribution in [3.8, 4) is 0 Å². The fourth-order valence-electron chi connectivity index (χ4n) is 2.58. The Bertz CT molecular complexity index is 397. The number of likely N-dealkylation sites (N-methyl/N-ethyl adjacent to an activating group) is 1. The van der Waals surface area contributed by atoms with Crippen LogP contribution in [0.2, 0.25) is 0 Å². The molecule has 0 aromatic carbocycles. The van der Waals surface area contributed by atoms with Gasteiger partial charge < -0.3 is 20.4 Å². The maximum absolute atomic E-state index is 12.0. The summed E-state index contributed by atoms with van der Waals surface area (Å²) < 4.78 is 0. The third kappa shape index (κ3) is 4.89. The van der Waals surface area contributed by atoms with Crippen LogP contribution in [0.5, 0.6) is 0 Å². The molecule has 1 aliphatic heterocycles. The van der Waals surface area contributed by atoms with Gasteiger partial charge in [0.25, 0.3) is 0 Å². The normalized spacial score (nSPS) is 19.6. The molecule has 2 atom stereocenters. The van der Waals surface area contributed by atoms with Gasteiger partial charge in [0.2, 0.25) is 0 Å². The summed E-state index contributed by atoms with van der Waals surface area (Å²) in [5.74, 6) is -2.60. The average Bonchev–Trinajstić information content (AvgIpc) is 2.88. The summed E-state index contributed by atoms with van der Waals surface area (Å²) in [5, 5.41) is 19.9. The highest BCUT2D eigenvalue weighted by Crippen LogP contribution is 2.15. The van der Waals surface area contributed by atoms with E-state index in [-0.39, 0.29) is 6.04 Å². The van der Waals surface area contributed by atoms with Gasteiger partial charge in [-0.25, -0.2) is 9.59 Å². The quantitative estimate of drug-likeness (QED) is 0.612. The molecule has 1 saturated heterocycles. The smallest absolute Gasteiger partial charge is 0.326 e. The van der Waals surface area contributed by atoms with E-state index in [1.54, 1.807) is 4.90 Å². The van der Waals surface area contributed by atoms with Crippen molar-refractivity contribution in [1.82, 2.24) is 15.1 Å². The van der Waals surface area contributed by atoms with Crippen molar-refractivity contribution in [3.05, 3.63) is 0 Å². The number of nitrogens with one attached hydrogen (secondary N) is 1. The molecule has 0 saturated carbocycles. The predicted molar refractivity (Wildman–Crippen MR) is 75.1 cm³/mol. The molecule has 8 nitrogen and oxygen atoms in total. The number of hydrogen-bond acceptors (Lipinski definition) is 4. The zero-order valence-corrected chi connectivity index (χ0v) is 12.4. The van der Waals surface area contributed by atoms with Gasteiger partial charge in [-0.1, -0.05) is 13.8 Å². The van der Waals surface area contributed by atoms with Crippen molar-refractivity contribution in [2.75, 3.05) is 26.2 Å². The van der Waals surface area contributed by atoms with E-state index in [1.165, 1.54) is 0 Å². The minimum absolute atomic E-state index is 0.272. The first-order chi connectivity index (χ1) is 9.88. The Morgan fingerprint density at radius 1 is 1.29 bits per heavy atom. The van der Waals surface area contributed by atoms with Gasteiger partial charge in [0, 0.05) is 19.1 Å². The third-order valence-corrected chi connectivity index (χ3v) is 3.75. The van der Waals surface area contributed by atoms with Gasteiger partial charge in [0.15, 0.2) is 0 Å². The van der Waals surface area contributed by atoms with Crippen molar-refractivity contribution in [2.45, 2.75) is 38.8 Å². The second-order valence-electron chi connectivity index (χ2n) is 5.05. The molecule has 120 valence electrons. The van der Waals surface area contributed by atoms with Gasteiger partial charge in [-0.15, -0.1) is 0 Å². The van der Waals surface area contributed by atoms with E-state index in [1.807, 2.05) is 0 Å². The van der Waals surface area contributed by atoms with E-state index in [2.05, 4.69) is 24.1 Å². The Balaban J connectivity index is 2.56. The molecule has 0 aromatic heterocycles. The lowest BCUT2D eigenvalue weighted by atomic mass is 10.2. The lowest BCUT2D eigenvalue weighted by molar-refractivity contribution is -0.145. The van der Waals surface area contributed by atoms with Crippen LogP contribution in [0.4, 0.5) is 4.79 Å². The Morgan fingerprint density at radius 2 is 1.90 bits per heavy atom. The van der Waals surface area contributed by atoms with Crippen molar-refractivity contribution in [2.24, 2.45) is 0 Å². The molecular weight excluding hydrogens is 278 g/mol. The lowest BCUT2D eigenvalue weighted by Gasteiger charge is -2.26. The zero-order valence-electron chi connectivity index (χ0n) is 12.4. The first-order valence-electron chi connectivity index (χ1n) is 7.13. The Morgan fingerprint density at radius 3 is 2.38 bits per heavy atom. The third-order valence-electron chi connectivity index (χ3n) is 3.75. The van der Waals surface area contributed by atoms with Gasteiger partial charge in [-0.05, 0) is 19.5 Å². The second-order valence-corrected chi connectivity index (χ2v) is 5.05. The summed E-state index contributed by atoms with van der Waals surface area (Å²) in [4.78, 5) is 37.4. The number of carboxylic acids is 2. The lowest BCUT2D eigenvalue weighted by Crippen LogP contribution is -2.49. The second kappa shape index (κ2) is 7.82. The van der Waals surface area contributed by atoms with Gasteiger partial charge in [0.1, 0.15) is 6.04 Å². The van der Waals surface area contributed by atoms with E-state index in [0.29, 0.717) is 13.1 Å². The Kier molecular flexibility index (Phi) is 6.41. The van der Waals surface area contributed by atoms with Crippen molar-refractivity contribution >= 4 is 18.0 Å². The van der Waals surface area contributed by atoms with Crippen LogP contribution < -0.4 is 5.32 Å². The number of amides is 2. The SMILES string of the molecule is CCN(CC)C1CCN(C(=O)NC(CC(=O)O)C(=O)O)C1. The van der Waals surface area contributed by atoms with Crippen LogP contribution in [-0.4, -0.2) is 76.2 Å². The van der Waals surface area contributed by atoms with Crippen LogP contribution in [0.15, 0.2) is 0 Å². The molecule has 3 N–H and O–H groups in total. The van der Waals surface area contributed by atoms with E-state index in [9.17, 15) is 14.4 Å². The number of rotatable bonds is 7. The summed E-state index contributed by atoms with van der Waals surface area (Å²) in [5.41, 5.74) is 0. The summed E-state index contributed by atoms with van der Waals surface area (Å²) in [7, 11) is 0. The van der Waals surface area contributed by atoms with Crippen LogP contribution in [0.25, 0.3) is 0 Å². The number of nitrogens with zero attached hydrogens (tertiary/aromatic N) is 2. The van der Waals surface area contributed by atoms with Crippen molar-refractivity contribution in [3.63, 3.8) is 0 Å². The molecule has 8 heteroatoms. The molecule has 0 spiro atoms. The van der Waals surface area contributed by atoms with Gasteiger partial charge in [-0.2, -0.15) is 0 Å². The molecular formula is C13H23N3O5. The fourth-order valence-corrected chi connectivity index (χ4v) is 2.58. The molecule has 1 fully saturated rings. The molecule has 1 heterocycles. The monoisotopic (exact) mass is 301 g/mol. The van der Waals surface area contributed by atoms with Gasteiger partial charge in [-0.3, -0.25) is 9.69 Å². The summed E-state index contributed by atoms with van der Waals surface area (Å²) >= 11 is 0. The maximum atomic E-state index is 12.0. The highest BCUT2D eigenvalue weighted by Gasteiger charge is 2.31. The minimum Gasteiger partial charge on any atom is -0.481 e. The molecule has 2 unspecified atom stereocenters. The molecule has 1 aliphatic rings. The molecule has 0 bridgehead atoms. The summed E-state index contributed by atoms with van der Waals surface area (Å²) in [6.07, 6.45) is 0.208.